The monoisotopic (exact) mass is 336 g/mol. The first kappa shape index (κ1) is 22.7. The van der Waals surface area contributed by atoms with Crippen LogP contribution in [0.1, 0.15) is 104 Å². The van der Waals surface area contributed by atoms with Crippen LogP contribution < -0.4 is 0 Å². The van der Waals surface area contributed by atoms with Gasteiger partial charge in [0.2, 0.25) is 0 Å². The van der Waals surface area contributed by atoms with Crippen molar-refractivity contribution in [3.05, 3.63) is 23.6 Å². The Morgan fingerprint density at radius 1 is 0.522 bits per heavy atom. The van der Waals surface area contributed by atoms with E-state index >= 15 is 0 Å². The van der Waals surface area contributed by atoms with E-state index in [4.69, 9.17) is 0 Å². The number of hydrogen-bond acceptors (Lipinski definition) is 0. The summed E-state index contributed by atoms with van der Waals surface area (Å²) in [7, 11) is -1.23. The minimum absolute atomic E-state index is 1.23. The number of unbranched alkanes of at least 4 members (excludes halogenated alkanes) is 12. The van der Waals surface area contributed by atoms with Crippen molar-refractivity contribution < 1.29 is 0 Å². The topological polar surface area (TPSA) is 0 Å². The van der Waals surface area contributed by atoms with Gasteiger partial charge in [0.25, 0.3) is 0 Å². The molecule has 0 heterocycles. The zero-order valence-electron chi connectivity index (χ0n) is 16.7. The molecule has 1 heteroatoms. The molecule has 0 aliphatic rings. The van der Waals surface area contributed by atoms with Crippen LogP contribution in [0.3, 0.4) is 0 Å². The smallest absolute Gasteiger partial charge is 0.0947 e. The molecular weight excluding hydrogens is 292 g/mol. The van der Waals surface area contributed by atoms with Gasteiger partial charge in [-0.3, -0.25) is 0 Å². The molecule has 0 fully saturated rings. The van der Waals surface area contributed by atoms with E-state index in [1.807, 2.05) is 0 Å². The van der Waals surface area contributed by atoms with Gasteiger partial charge >= 0.3 is 0 Å². The van der Waals surface area contributed by atoms with E-state index in [0.29, 0.717) is 0 Å². The van der Waals surface area contributed by atoms with Crippen LogP contribution >= 0.6 is 0 Å². The Balaban J connectivity index is 3.61. The van der Waals surface area contributed by atoms with Gasteiger partial charge in [-0.2, -0.15) is 0 Å². The predicted molar refractivity (Wildman–Crippen MR) is 112 cm³/mol. The molecule has 0 spiro atoms. The highest BCUT2D eigenvalue weighted by molar-refractivity contribution is 6.86. The second kappa shape index (κ2) is 16.6. The molecule has 0 unspecified atom stereocenters. The zero-order valence-corrected chi connectivity index (χ0v) is 17.7. The standard InChI is InChI=1S/C22H44Si/c1-5-7-9-11-13-15-17-19-21-23(3,4)22-20-18-16-14-12-10-8-6-2/h19-22H,5-18H2,1-4H3/b21-19+,22-20+. The lowest BCUT2D eigenvalue weighted by molar-refractivity contribution is 0.611. The van der Waals surface area contributed by atoms with Crippen LogP contribution in [0.5, 0.6) is 0 Å². The van der Waals surface area contributed by atoms with Gasteiger partial charge in [0, 0.05) is 0 Å². The summed E-state index contributed by atoms with van der Waals surface area (Å²) in [4.78, 5) is 0. The van der Waals surface area contributed by atoms with Gasteiger partial charge in [-0.05, 0) is 25.7 Å². The molecule has 0 nitrogen and oxygen atoms in total. The minimum atomic E-state index is -1.23. The molecule has 0 rings (SSSR count). The molecule has 0 bridgehead atoms. The molecular formula is C22H44Si. The number of allylic oxidation sites excluding steroid dienone is 2. The van der Waals surface area contributed by atoms with Crippen LogP contribution in [0, 0.1) is 0 Å². The third-order valence-electron chi connectivity index (χ3n) is 4.54. The molecule has 0 aliphatic heterocycles. The van der Waals surface area contributed by atoms with Crippen LogP contribution in [-0.4, -0.2) is 8.07 Å². The summed E-state index contributed by atoms with van der Waals surface area (Å²) in [6.45, 7) is 9.50. The molecule has 0 aromatic heterocycles. The van der Waals surface area contributed by atoms with Crippen LogP contribution in [-0.2, 0) is 0 Å². The molecule has 136 valence electrons. The molecule has 0 saturated heterocycles. The Morgan fingerprint density at radius 2 is 0.870 bits per heavy atom. The fourth-order valence-electron chi connectivity index (χ4n) is 2.91. The molecule has 23 heavy (non-hydrogen) atoms. The molecule has 0 atom stereocenters. The summed E-state index contributed by atoms with van der Waals surface area (Å²) >= 11 is 0. The normalized spacial score (nSPS) is 12.7. The maximum absolute atomic E-state index is 2.54. The first-order valence-corrected chi connectivity index (χ1v) is 13.6. The Labute approximate surface area is 148 Å². The Bertz CT molecular complexity index is 260. The van der Waals surface area contributed by atoms with Gasteiger partial charge in [-0.15, -0.1) is 0 Å². The van der Waals surface area contributed by atoms with Crippen LogP contribution in [0.4, 0.5) is 0 Å². The second-order valence-corrected chi connectivity index (χ2v) is 12.0. The van der Waals surface area contributed by atoms with Crippen molar-refractivity contribution in [2.24, 2.45) is 0 Å². The summed E-state index contributed by atoms with van der Waals surface area (Å²) in [6.07, 6.45) is 24.3. The summed E-state index contributed by atoms with van der Waals surface area (Å²) in [5.74, 6) is 0. The van der Waals surface area contributed by atoms with Gasteiger partial charge in [-0.25, -0.2) is 0 Å². The highest BCUT2D eigenvalue weighted by Crippen LogP contribution is 2.12. The Hall–Kier alpha value is -0.303. The maximum Gasteiger partial charge on any atom is 0.0947 e. The fraction of sp³-hybridized carbons (Fsp3) is 0.818. The average Bonchev–Trinajstić information content (AvgIpc) is 2.52. The van der Waals surface area contributed by atoms with E-state index in [0.717, 1.165) is 0 Å². The molecule has 0 amide bonds. The highest BCUT2D eigenvalue weighted by atomic mass is 28.3. The van der Waals surface area contributed by atoms with Crippen molar-refractivity contribution in [2.45, 2.75) is 117 Å². The lowest BCUT2D eigenvalue weighted by atomic mass is 10.1. The minimum Gasteiger partial charge on any atom is -0.0948 e. The average molecular weight is 337 g/mol. The van der Waals surface area contributed by atoms with Crippen LogP contribution in [0.25, 0.3) is 0 Å². The summed E-state index contributed by atoms with van der Waals surface area (Å²) in [5, 5.41) is 0. The van der Waals surface area contributed by atoms with Gasteiger partial charge in [0.15, 0.2) is 0 Å². The van der Waals surface area contributed by atoms with E-state index in [2.05, 4.69) is 50.5 Å². The largest absolute Gasteiger partial charge is 0.0948 e. The van der Waals surface area contributed by atoms with E-state index in [1.54, 1.807) is 0 Å². The van der Waals surface area contributed by atoms with E-state index in [-0.39, 0.29) is 0 Å². The van der Waals surface area contributed by atoms with Crippen molar-refractivity contribution in [3.63, 3.8) is 0 Å². The van der Waals surface area contributed by atoms with Crippen LogP contribution in [0.2, 0.25) is 13.1 Å². The molecule has 0 aliphatic carbocycles. The lowest BCUT2D eigenvalue weighted by Gasteiger charge is -2.11. The quantitative estimate of drug-likeness (QED) is 0.196. The SMILES string of the molecule is CCCCCCCC/C=C/[Si](C)(C)/C=C/CCCCCCCC. The zero-order chi connectivity index (χ0) is 17.2. The summed E-state index contributed by atoms with van der Waals surface area (Å²) in [5.41, 5.74) is 5.08. The van der Waals surface area contributed by atoms with Crippen molar-refractivity contribution in [1.82, 2.24) is 0 Å². The first-order chi connectivity index (χ1) is 11.1. The lowest BCUT2D eigenvalue weighted by Crippen LogP contribution is -2.18. The van der Waals surface area contributed by atoms with Gasteiger partial charge in [0.1, 0.15) is 0 Å². The third-order valence-corrected chi connectivity index (χ3v) is 6.73. The van der Waals surface area contributed by atoms with Crippen molar-refractivity contribution in [1.29, 1.82) is 0 Å². The molecule has 0 aromatic rings. The predicted octanol–water partition coefficient (Wildman–Crippen LogP) is 8.39. The molecule has 0 radical (unpaired) electrons. The van der Waals surface area contributed by atoms with Gasteiger partial charge in [0.05, 0.1) is 8.07 Å². The summed E-state index contributed by atoms with van der Waals surface area (Å²) in [6, 6.07) is 0. The van der Waals surface area contributed by atoms with Crippen molar-refractivity contribution in [2.75, 3.05) is 0 Å². The Kier molecular flexibility index (Phi) is 16.3. The summed E-state index contributed by atoms with van der Waals surface area (Å²) < 4.78 is 0. The number of rotatable bonds is 16. The first-order valence-electron chi connectivity index (χ1n) is 10.5. The molecule has 0 N–H and O–H groups in total. The van der Waals surface area contributed by atoms with E-state index in [9.17, 15) is 0 Å². The number of hydrogen-bond donors (Lipinski definition) is 0. The molecule has 0 aromatic carbocycles. The third kappa shape index (κ3) is 17.9. The van der Waals surface area contributed by atoms with Crippen molar-refractivity contribution in [3.8, 4) is 0 Å². The maximum atomic E-state index is 2.54. The van der Waals surface area contributed by atoms with Crippen molar-refractivity contribution >= 4 is 8.07 Å². The highest BCUT2D eigenvalue weighted by Gasteiger charge is 2.10. The fourth-order valence-corrected chi connectivity index (χ4v) is 4.57. The van der Waals surface area contributed by atoms with Gasteiger partial charge in [-0.1, -0.05) is 115 Å². The van der Waals surface area contributed by atoms with E-state index < -0.39 is 8.07 Å². The Morgan fingerprint density at radius 3 is 1.26 bits per heavy atom. The molecule has 0 saturated carbocycles. The van der Waals surface area contributed by atoms with E-state index in [1.165, 1.54) is 89.9 Å². The van der Waals surface area contributed by atoms with Crippen LogP contribution in [0.15, 0.2) is 23.6 Å². The van der Waals surface area contributed by atoms with Gasteiger partial charge < -0.3 is 0 Å². The second-order valence-electron chi connectivity index (χ2n) is 7.74.